The van der Waals surface area contributed by atoms with Crippen LogP contribution >= 0.6 is 0 Å². The van der Waals surface area contributed by atoms with Gasteiger partial charge in [0.2, 0.25) is 47.3 Å². The summed E-state index contributed by atoms with van der Waals surface area (Å²) in [5, 5.41) is 15.2. The van der Waals surface area contributed by atoms with Gasteiger partial charge in [-0.2, -0.15) is 0 Å². The highest BCUT2D eigenvalue weighted by molar-refractivity contribution is 6.00. The molecule has 2 heterocycles. The highest BCUT2D eigenvalue weighted by atomic mass is 16.3. The van der Waals surface area contributed by atoms with Crippen molar-refractivity contribution in [3.63, 3.8) is 0 Å². The molecule has 1 aliphatic heterocycles. The van der Waals surface area contributed by atoms with E-state index in [0.29, 0.717) is 19.3 Å². The van der Waals surface area contributed by atoms with Gasteiger partial charge < -0.3 is 44.7 Å². The van der Waals surface area contributed by atoms with E-state index >= 15 is 19.2 Å². The minimum absolute atomic E-state index is 0.0715. The summed E-state index contributed by atoms with van der Waals surface area (Å²) in [6.07, 6.45) is 3.62. The molecule has 1 aromatic heterocycles. The summed E-state index contributed by atoms with van der Waals surface area (Å²) in [4.78, 5) is 176. The Labute approximate surface area is 546 Å². The van der Waals surface area contributed by atoms with E-state index in [2.05, 4.69) is 10.3 Å². The number of aromatic nitrogens is 1. The van der Waals surface area contributed by atoms with Crippen LogP contribution in [0.15, 0.2) is 24.5 Å². The molecule has 1 saturated heterocycles. The second kappa shape index (κ2) is 36.9. The predicted octanol–water partition coefficient (Wildman–Crippen LogP) is 7.38. The largest absolute Gasteiger partial charge is 0.390 e. The van der Waals surface area contributed by atoms with E-state index in [4.69, 9.17) is 0 Å². The van der Waals surface area contributed by atoms with Crippen LogP contribution in [0.1, 0.15) is 187 Å². The van der Waals surface area contributed by atoms with E-state index in [1.165, 1.54) is 90.6 Å². The van der Waals surface area contributed by atoms with Crippen molar-refractivity contribution in [3.8, 4) is 0 Å². The fraction of sp³-hybridized carbons (Fsp3) is 0.771. The lowest BCUT2D eigenvalue weighted by molar-refractivity contribution is -0.157. The predicted molar refractivity (Wildman–Crippen MR) is 354 cm³/mol. The summed E-state index contributed by atoms with van der Waals surface area (Å²) < 4.78 is 0. The van der Waals surface area contributed by atoms with Crippen LogP contribution in [0.5, 0.6) is 0 Å². The first-order valence-corrected chi connectivity index (χ1v) is 33.5. The van der Waals surface area contributed by atoms with Crippen molar-refractivity contribution in [2.45, 2.75) is 243 Å². The van der Waals surface area contributed by atoms with E-state index in [0.717, 1.165) is 5.56 Å². The van der Waals surface area contributed by atoms with Gasteiger partial charge in [0.1, 0.15) is 36.3 Å². The Bertz CT molecular complexity index is 2610. The summed E-state index contributed by atoms with van der Waals surface area (Å²) in [6, 6.07) is -5.55. The van der Waals surface area contributed by atoms with Crippen molar-refractivity contribution in [1.29, 1.82) is 0 Å². The number of hydrogen-bond donors (Lipinski definition) is 2. The average Bonchev–Trinajstić information content (AvgIpc) is 0.883. The molecule has 0 spiro atoms. The number of pyridine rings is 1. The number of aliphatic hydroxyl groups excluding tert-OH is 1. The zero-order valence-electron chi connectivity index (χ0n) is 60.1. The van der Waals surface area contributed by atoms with Crippen LogP contribution in [0.25, 0.3) is 0 Å². The van der Waals surface area contributed by atoms with Gasteiger partial charge >= 0.3 is 0 Å². The molecule has 8 amide bonds. The molecule has 91 heavy (non-hydrogen) atoms. The maximum atomic E-state index is 15.4. The van der Waals surface area contributed by atoms with Crippen molar-refractivity contribution in [2.24, 2.45) is 59.2 Å². The molecule has 0 unspecified atom stereocenters. The van der Waals surface area contributed by atoms with Crippen LogP contribution in [-0.2, 0) is 59.2 Å². The van der Waals surface area contributed by atoms with Gasteiger partial charge in [-0.15, -0.1) is 0 Å². The van der Waals surface area contributed by atoms with Crippen molar-refractivity contribution in [3.05, 3.63) is 30.1 Å². The lowest BCUT2D eigenvalue weighted by atomic mass is 9.84. The van der Waals surface area contributed by atoms with Crippen LogP contribution in [0, 0.1) is 59.2 Å². The number of aliphatic hydroxyl groups is 1. The van der Waals surface area contributed by atoms with Crippen LogP contribution in [0.3, 0.4) is 0 Å². The molecule has 0 aliphatic carbocycles. The maximum Gasteiger partial charge on any atom is 0.246 e. The Morgan fingerprint density at radius 1 is 0.505 bits per heavy atom. The number of nitrogens with one attached hydrogen (secondary N) is 1. The molecule has 2 rings (SSSR count). The van der Waals surface area contributed by atoms with Crippen molar-refractivity contribution < 1.29 is 57.8 Å². The van der Waals surface area contributed by atoms with Crippen LogP contribution in [-0.4, -0.2) is 213 Å². The molecule has 0 bridgehead atoms. The monoisotopic (exact) mass is 1280 g/mol. The van der Waals surface area contributed by atoms with Gasteiger partial charge in [-0.1, -0.05) is 110 Å². The molecule has 516 valence electrons. The Balaban J connectivity index is 3.00. The van der Waals surface area contributed by atoms with Crippen molar-refractivity contribution >= 4 is 64.6 Å². The quantitative estimate of drug-likeness (QED) is 0.155. The number of hydrogen-bond acceptors (Lipinski definition) is 13. The number of likely N-dealkylation sites (N-methyl/N-ethyl adjacent to an activating group) is 7. The Kier molecular flexibility index (Phi) is 32.9. The summed E-state index contributed by atoms with van der Waals surface area (Å²) in [5.41, 5.74) is 0.982. The summed E-state index contributed by atoms with van der Waals surface area (Å²) in [7, 11) is 10.3. The molecule has 1 aromatic rings. The molecule has 13 atom stereocenters. The third-order valence-corrected chi connectivity index (χ3v) is 18.7. The number of ketones is 3. The average molecular weight is 1280 g/mol. The first-order chi connectivity index (χ1) is 42.2. The molecule has 0 aromatic carbocycles. The summed E-state index contributed by atoms with van der Waals surface area (Å²) in [6.45, 7) is 30.4. The van der Waals surface area contributed by atoms with Gasteiger partial charge in [0.15, 0.2) is 17.3 Å². The van der Waals surface area contributed by atoms with Crippen LogP contribution in [0.2, 0.25) is 0 Å². The fourth-order valence-electron chi connectivity index (χ4n) is 12.6. The number of nitrogens with zero attached hydrogens (tertiary/aromatic N) is 8. The number of carbonyl (C=O) groups is 11. The van der Waals surface area contributed by atoms with Gasteiger partial charge in [0, 0.05) is 98.7 Å². The second-order valence-corrected chi connectivity index (χ2v) is 28.9. The van der Waals surface area contributed by atoms with E-state index < -0.39 is 155 Å². The van der Waals surface area contributed by atoms with Crippen LogP contribution < -0.4 is 5.32 Å². The van der Waals surface area contributed by atoms with E-state index in [1.54, 1.807) is 53.9 Å². The SMILES string of the molecule is CC[C@H]1CC(=O)[C@@H]([C@H](O)[C@H](C)CCCc2cccnc2)N(C)C(=O)[C@@H](C(C)C)N(C)C(=O)[C@@H](CC(C)C)N(C)C(=O)[C@@H](CC(C)C)N(C)C(=O)[C@H](C)NC(=O)[C@@H](C)CC(=O)[C@@H](CC(C)C)N(C)C(=O)[C@@H](C(C)C)CC(=O)[C@H](CC(C)C)N(C)C(=O)[C@@H](C)N(C)C1=O. The lowest BCUT2D eigenvalue weighted by Crippen LogP contribution is -2.61. The molecule has 21 heteroatoms. The second-order valence-electron chi connectivity index (χ2n) is 28.9. The molecule has 0 radical (unpaired) electrons. The van der Waals surface area contributed by atoms with Gasteiger partial charge in [-0.05, 0) is 118 Å². The van der Waals surface area contributed by atoms with E-state index in [-0.39, 0.29) is 74.4 Å². The molecule has 0 saturated carbocycles. The van der Waals surface area contributed by atoms with Gasteiger partial charge in [0.05, 0.1) is 18.2 Å². The smallest absolute Gasteiger partial charge is 0.246 e. The molecular formula is C70H119N9O12. The first kappa shape index (κ1) is 81.0. The van der Waals surface area contributed by atoms with Crippen molar-refractivity contribution in [2.75, 3.05) is 49.3 Å². The standard InChI is InChI=1S/C70H119N9O12/c1-25-51-37-59(82)61(62(83)46(14)28-26-29-50-30-27-31-71-39-50)79(24)70(91)60(45(12)13)78(23)69(90)56(35-43(8)9)77(22)68(89)55(34-42(6)7)76(21)64(85)48(16)72-63(84)47(15)36-57(80)53(32-40(2)3)75(20)67(88)52(44(10)11)38-58(81)54(33-41(4)5)74(19)65(86)49(17)73(18)66(51)87/h27,30-31,39-49,51-56,60-62,83H,25-26,28-29,32-38H2,1-24H3,(H,72,84)/t46-,47+,48+,49-,51+,52-,53-,54+,55-,56-,60-,61+,62-/m1/s1. The third-order valence-electron chi connectivity index (χ3n) is 18.7. The Morgan fingerprint density at radius 3 is 1.42 bits per heavy atom. The van der Waals surface area contributed by atoms with Gasteiger partial charge in [-0.25, -0.2) is 0 Å². The minimum atomic E-state index is -1.51. The molecule has 2 N–H and O–H groups in total. The summed E-state index contributed by atoms with van der Waals surface area (Å²) >= 11 is 0. The third kappa shape index (κ3) is 22.6. The minimum Gasteiger partial charge on any atom is -0.390 e. The highest BCUT2D eigenvalue weighted by Crippen LogP contribution is 2.30. The van der Waals surface area contributed by atoms with Gasteiger partial charge in [-0.3, -0.25) is 57.7 Å². The Morgan fingerprint density at radius 2 is 0.956 bits per heavy atom. The lowest BCUT2D eigenvalue weighted by Gasteiger charge is -2.41. The number of carbonyl (C=O) groups excluding carboxylic acids is 11. The maximum absolute atomic E-state index is 15.4. The number of amides is 8. The number of aryl methyl sites for hydroxylation is 1. The highest BCUT2D eigenvalue weighted by Gasteiger charge is 2.46. The van der Waals surface area contributed by atoms with Crippen LogP contribution in [0.4, 0.5) is 0 Å². The molecule has 21 nitrogen and oxygen atoms in total. The zero-order valence-corrected chi connectivity index (χ0v) is 60.1. The molecule has 1 aliphatic rings. The molecule has 1 fully saturated rings. The van der Waals surface area contributed by atoms with E-state index in [9.17, 15) is 38.7 Å². The fourth-order valence-corrected chi connectivity index (χ4v) is 12.6. The normalized spacial score (nSPS) is 26.9. The molecular weight excluding hydrogens is 1160 g/mol. The first-order valence-electron chi connectivity index (χ1n) is 33.5. The van der Waals surface area contributed by atoms with Gasteiger partial charge in [0.25, 0.3) is 0 Å². The zero-order chi connectivity index (χ0) is 70.0. The van der Waals surface area contributed by atoms with E-state index in [1.807, 2.05) is 81.4 Å². The number of rotatable bonds is 17. The van der Waals surface area contributed by atoms with Crippen molar-refractivity contribution in [1.82, 2.24) is 44.6 Å². The summed E-state index contributed by atoms with van der Waals surface area (Å²) in [5.74, 6) is -10.9. The number of Topliss-reactive ketones (excluding diaryl/α,β-unsaturated/α-hetero) is 3. The topological polar surface area (TPSA) is 256 Å². The Hall–Kier alpha value is -6.12.